The number of benzene rings is 1. The van der Waals surface area contributed by atoms with E-state index in [0.29, 0.717) is 43.5 Å². The normalized spacial score (nSPS) is 16.2. The van der Waals surface area contributed by atoms with Gasteiger partial charge in [-0.15, -0.1) is 0 Å². The van der Waals surface area contributed by atoms with E-state index in [-0.39, 0.29) is 24.5 Å². The lowest BCUT2D eigenvalue weighted by molar-refractivity contribution is -0.139. The lowest BCUT2D eigenvalue weighted by Crippen LogP contribution is -2.52. The number of ether oxygens (including phenoxy) is 2. The highest BCUT2D eigenvalue weighted by Gasteiger charge is 2.29. The molecular weight excluding hydrogens is 388 g/mol. The number of carbonyl (C=O) groups excluding carboxylic acids is 2. The molecular formula is C21H28N4O5. The van der Waals surface area contributed by atoms with Crippen LogP contribution in [0.1, 0.15) is 31.5 Å². The van der Waals surface area contributed by atoms with E-state index in [1.54, 1.807) is 55.0 Å². The van der Waals surface area contributed by atoms with Crippen LogP contribution in [0.2, 0.25) is 0 Å². The number of hydrogen-bond acceptors (Lipinski definition) is 7. The number of hydrogen-bond donors (Lipinski definition) is 0. The molecule has 1 fully saturated rings. The van der Waals surface area contributed by atoms with Gasteiger partial charge in [0, 0.05) is 45.9 Å². The van der Waals surface area contributed by atoms with Gasteiger partial charge in [0.1, 0.15) is 11.5 Å². The molecule has 0 N–H and O–H groups in total. The van der Waals surface area contributed by atoms with Crippen LogP contribution in [0.25, 0.3) is 0 Å². The first-order valence-corrected chi connectivity index (χ1v) is 10.1. The fourth-order valence-corrected chi connectivity index (χ4v) is 3.60. The molecule has 162 valence electrons. The lowest BCUT2D eigenvalue weighted by atomic mass is 10.0. The Morgan fingerprint density at radius 2 is 2.00 bits per heavy atom. The van der Waals surface area contributed by atoms with Crippen molar-refractivity contribution in [2.24, 2.45) is 0 Å². The Bertz CT molecular complexity index is 851. The molecule has 0 bridgehead atoms. The average molecular weight is 416 g/mol. The maximum atomic E-state index is 12.7. The molecule has 1 aliphatic heterocycles. The summed E-state index contributed by atoms with van der Waals surface area (Å²) >= 11 is 0. The highest BCUT2D eigenvalue weighted by molar-refractivity contribution is 5.78. The van der Waals surface area contributed by atoms with Gasteiger partial charge in [0.05, 0.1) is 7.11 Å². The van der Waals surface area contributed by atoms with Gasteiger partial charge in [-0.05, 0) is 37.1 Å². The molecule has 1 aromatic carbocycles. The zero-order valence-electron chi connectivity index (χ0n) is 17.7. The van der Waals surface area contributed by atoms with Crippen molar-refractivity contribution in [2.75, 3.05) is 33.4 Å². The Morgan fingerprint density at radius 1 is 1.27 bits per heavy atom. The second-order valence-corrected chi connectivity index (χ2v) is 7.29. The molecule has 1 unspecified atom stereocenters. The number of piperidine rings is 1. The van der Waals surface area contributed by atoms with Crippen LogP contribution >= 0.6 is 0 Å². The summed E-state index contributed by atoms with van der Waals surface area (Å²) in [4.78, 5) is 32.6. The van der Waals surface area contributed by atoms with Crippen molar-refractivity contribution < 1.29 is 23.6 Å². The SMILES string of the molecule is COc1ccc(OCC(=O)N2CCCC(N(CCc3noc(C)n3)C(C)=O)C2)cc1. The maximum absolute atomic E-state index is 12.7. The van der Waals surface area contributed by atoms with E-state index >= 15 is 0 Å². The van der Waals surface area contributed by atoms with Crippen molar-refractivity contribution in [3.8, 4) is 11.5 Å². The molecule has 0 spiro atoms. The molecule has 3 rings (SSSR count). The number of likely N-dealkylation sites (tertiary alicyclic amines) is 1. The van der Waals surface area contributed by atoms with Crippen LogP contribution in [0.5, 0.6) is 11.5 Å². The molecule has 2 amide bonds. The molecule has 9 heteroatoms. The van der Waals surface area contributed by atoms with Crippen molar-refractivity contribution >= 4 is 11.8 Å². The second-order valence-electron chi connectivity index (χ2n) is 7.29. The van der Waals surface area contributed by atoms with Crippen LogP contribution in [0.3, 0.4) is 0 Å². The third kappa shape index (κ3) is 5.71. The minimum atomic E-state index is -0.0900. The Kier molecular flexibility index (Phi) is 7.26. The van der Waals surface area contributed by atoms with Gasteiger partial charge in [-0.2, -0.15) is 4.98 Å². The predicted octanol–water partition coefficient (Wildman–Crippen LogP) is 1.85. The van der Waals surface area contributed by atoms with Crippen LogP contribution in [0.4, 0.5) is 0 Å². The maximum Gasteiger partial charge on any atom is 0.260 e. The molecule has 9 nitrogen and oxygen atoms in total. The largest absolute Gasteiger partial charge is 0.497 e. The Hall–Kier alpha value is -3.10. The molecule has 2 heterocycles. The highest BCUT2D eigenvalue weighted by atomic mass is 16.5. The number of carbonyl (C=O) groups is 2. The van der Waals surface area contributed by atoms with Crippen molar-refractivity contribution in [3.05, 3.63) is 36.0 Å². The average Bonchev–Trinajstić information content (AvgIpc) is 3.17. The molecule has 0 aliphatic carbocycles. The third-order valence-corrected chi connectivity index (χ3v) is 5.16. The van der Waals surface area contributed by atoms with Gasteiger partial charge in [0.25, 0.3) is 5.91 Å². The highest BCUT2D eigenvalue weighted by Crippen LogP contribution is 2.19. The Labute approximate surface area is 175 Å². The molecule has 1 atom stereocenters. The van der Waals surface area contributed by atoms with Gasteiger partial charge in [-0.25, -0.2) is 0 Å². The van der Waals surface area contributed by atoms with Gasteiger partial charge in [-0.3, -0.25) is 9.59 Å². The van der Waals surface area contributed by atoms with E-state index < -0.39 is 0 Å². The van der Waals surface area contributed by atoms with Crippen LogP contribution in [-0.2, 0) is 16.0 Å². The fourth-order valence-electron chi connectivity index (χ4n) is 3.60. The van der Waals surface area contributed by atoms with E-state index in [9.17, 15) is 9.59 Å². The minimum Gasteiger partial charge on any atom is -0.497 e. The van der Waals surface area contributed by atoms with Crippen molar-refractivity contribution in [1.82, 2.24) is 19.9 Å². The quantitative estimate of drug-likeness (QED) is 0.648. The smallest absolute Gasteiger partial charge is 0.260 e. The number of rotatable bonds is 8. The second kappa shape index (κ2) is 10.1. The van der Waals surface area contributed by atoms with Crippen LogP contribution < -0.4 is 9.47 Å². The summed E-state index contributed by atoms with van der Waals surface area (Å²) in [5.41, 5.74) is 0. The minimum absolute atomic E-state index is 0.0241. The Morgan fingerprint density at radius 3 is 2.63 bits per heavy atom. The monoisotopic (exact) mass is 416 g/mol. The van der Waals surface area contributed by atoms with Crippen LogP contribution in [0.15, 0.2) is 28.8 Å². The first-order valence-electron chi connectivity index (χ1n) is 10.1. The molecule has 30 heavy (non-hydrogen) atoms. The molecule has 1 aliphatic rings. The zero-order valence-corrected chi connectivity index (χ0v) is 17.7. The van der Waals surface area contributed by atoms with Crippen molar-refractivity contribution in [2.45, 2.75) is 39.2 Å². The third-order valence-electron chi connectivity index (χ3n) is 5.16. The standard InChI is InChI=1S/C21H28N4O5/c1-15-22-20(23-30-15)10-12-25(16(2)26)17-5-4-11-24(13-17)21(27)14-29-19-8-6-18(28-3)7-9-19/h6-9,17H,4-5,10-14H2,1-3H3. The fraction of sp³-hybridized carbons (Fsp3) is 0.524. The molecule has 0 radical (unpaired) electrons. The molecule has 1 saturated heterocycles. The zero-order chi connectivity index (χ0) is 21.5. The summed E-state index contributed by atoms with van der Waals surface area (Å²) in [5, 5.41) is 3.89. The van der Waals surface area contributed by atoms with E-state index in [0.717, 1.165) is 18.6 Å². The van der Waals surface area contributed by atoms with E-state index in [2.05, 4.69) is 10.1 Å². The van der Waals surface area contributed by atoms with Crippen molar-refractivity contribution in [1.29, 1.82) is 0 Å². The number of methoxy groups -OCH3 is 1. The summed E-state index contributed by atoms with van der Waals surface area (Å²) in [6, 6.07) is 7.07. The lowest BCUT2D eigenvalue weighted by Gasteiger charge is -2.39. The summed E-state index contributed by atoms with van der Waals surface area (Å²) in [5.74, 6) is 2.31. The molecule has 1 aromatic heterocycles. The van der Waals surface area contributed by atoms with Gasteiger partial charge in [-0.1, -0.05) is 5.16 Å². The number of nitrogens with zero attached hydrogens (tertiary/aromatic N) is 4. The summed E-state index contributed by atoms with van der Waals surface area (Å²) in [7, 11) is 1.60. The first kappa shape index (κ1) is 21.6. The number of aromatic nitrogens is 2. The van der Waals surface area contributed by atoms with Crippen molar-refractivity contribution in [3.63, 3.8) is 0 Å². The van der Waals surface area contributed by atoms with Gasteiger partial charge < -0.3 is 23.8 Å². The van der Waals surface area contributed by atoms with E-state index in [1.807, 2.05) is 0 Å². The van der Waals surface area contributed by atoms with Gasteiger partial charge in [0.2, 0.25) is 11.8 Å². The van der Waals surface area contributed by atoms with E-state index in [1.165, 1.54) is 0 Å². The molecule has 0 saturated carbocycles. The topological polar surface area (TPSA) is 98.0 Å². The van der Waals surface area contributed by atoms with E-state index in [4.69, 9.17) is 14.0 Å². The van der Waals surface area contributed by atoms with Gasteiger partial charge in [0.15, 0.2) is 12.4 Å². The van der Waals surface area contributed by atoms with Crippen LogP contribution in [0, 0.1) is 6.92 Å². The predicted molar refractivity (Wildman–Crippen MR) is 108 cm³/mol. The Balaban J connectivity index is 1.53. The summed E-state index contributed by atoms with van der Waals surface area (Å²) in [6.45, 7) is 4.89. The first-order chi connectivity index (χ1) is 14.5. The number of aryl methyl sites for hydroxylation is 1. The number of amides is 2. The molecule has 2 aromatic rings. The van der Waals surface area contributed by atoms with Crippen LogP contribution in [-0.4, -0.2) is 71.1 Å². The van der Waals surface area contributed by atoms with Gasteiger partial charge >= 0.3 is 0 Å². The summed E-state index contributed by atoms with van der Waals surface area (Å²) in [6.07, 6.45) is 2.21. The summed E-state index contributed by atoms with van der Waals surface area (Å²) < 4.78 is 15.7.